The highest BCUT2D eigenvalue weighted by molar-refractivity contribution is 5.89. The van der Waals surface area contributed by atoms with Crippen molar-refractivity contribution in [2.24, 2.45) is 16.7 Å². The first kappa shape index (κ1) is 56.0. The molecule has 0 bridgehead atoms. The summed E-state index contributed by atoms with van der Waals surface area (Å²) in [5, 5.41) is 50.1. The van der Waals surface area contributed by atoms with Gasteiger partial charge in [-0.25, -0.2) is 9.59 Å². The molecule has 9 rings (SSSR count). The van der Waals surface area contributed by atoms with E-state index in [9.17, 15) is 30.0 Å². The molecule has 0 amide bonds. The van der Waals surface area contributed by atoms with Crippen molar-refractivity contribution in [3.05, 3.63) is 83.7 Å². The summed E-state index contributed by atoms with van der Waals surface area (Å²) < 4.78 is 68.6. The third-order valence-electron chi connectivity index (χ3n) is 18.7. The third-order valence-corrected chi connectivity index (χ3v) is 18.7. The number of aliphatic hydroxyl groups excluding tert-OH is 1. The van der Waals surface area contributed by atoms with Gasteiger partial charge in [-0.2, -0.15) is 0 Å². The highest BCUT2D eigenvalue weighted by atomic mass is 16.7. The maximum absolute atomic E-state index is 13.9. The summed E-state index contributed by atoms with van der Waals surface area (Å²) >= 11 is 0. The normalized spacial score (nSPS) is 44.2. The van der Waals surface area contributed by atoms with Crippen LogP contribution in [0, 0.1) is 16.7 Å². The fourth-order valence-corrected chi connectivity index (χ4v) is 14.2. The number of hydrogen-bond acceptors (Lipinski definition) is 18. The van der Waals surface area contributed by atoms with Crippen LogP contribution in [0.5, 0.6) is 0 Å². The minimum absolute atomic E-state index is 0.0452. The van der Waals surface area contributed by atoms with Crippen LogP contribution in [0.4, 0.5) is 0 Å². The summed E-state index contributed by atoms with van der Waals surface area (Å²) in [5.74, 6) is -1.99. The van der Waals surface area contributed by atoms with E-state index in [0.29, 0.717) is 38.5 Å². The molecule has 7 aliphatic rings. The van der Waals surface area contributed by atoms with Crippen LogP contribution >= 0.6 is 0 Å². The van der Waals surface area contributed by atoms with Crippen molar-refractivity contribution in [2.75, 3.05) is 21.3 Å². The second-order valence-electron chi connectivity index (χ2n) is 22.5. The maximum Gasteiger partial charge on any atom is 0.340 e. The summed E-state index contributed by atoms with van der Waals surface area (Å²) in [4.78, 5) is 31.4. The topological polar surface area (TPSA) is 229 Å². The van der Waals surface area contributed by atoms with Gasteiger partial charge in [0.2, 0.25) is 0 Å². The standard InChI is InChI=1S/C57H79NO17/c1-32-49(60)40(65-7)27-47(68-32)74-51-34(3)70-48(29-42(51)67-9)75-50-33(2)69-46(28-41(50)66-8)72-39-20-21-53(5)38(26-39)19-22-56(63)43(53)30-44(73-45(59)18-17-36-14-11-10-12-15-36)54(6)55(62,23-24-57(54,56)64)35(4)71-52(61)37-16-13-25-58-31-37/h10-19,25,31-35,39-44,46-51,60,62-64H,20-24,26-30H2,1-9H3/b18-17+/t32-,33+,34+,35-,39-,40+,41-,42+,43+,44+,46-,47-,48-,49-,50+,51+,53-,54+,55+,56-,57+/m0/s1. The van der Waals surface area contributed by atoms with Crippen molar-refractivity contribution < 1.29 is 82.1 Å². The fraction of sp³-hybridized carbons (Fsp3) is 0.702. The molecular weight excluding hydrogens is 971 g/mol. The Balaban J connectivity index is 0.881. The maximum atomic E-state index is 13.9. The number of benzene rings is 1. The van der Waals surface area contributed by atoms with Crippen LogP contribution in [0.25, 0.3) is 6.08 Å². The van der Waals surface area contributed by atoms with Gasteiger partial charge in [-0.3, -0.25) is 4.98 Å². The molecule has 21 atom stereocenters. The Bertz CT molecular complexity index is 2360. The Morgan fingerprint density at radius 2 is 1.39 bits per heavy atom. The molecule has 75 heavy (non-hydrogen) atoms. The van der Waals surface area contributed by atoms with Crippen LogP contribution in [-0.2, 0) is 56.9 Å². The van der Waals surface area contributed by atoms with E-state index < -0.39 is 125 Å². The second-order valence-corrected chi connectivity index (χ2v) is 22.5. The Hall–Kier alpha value is -3.73. The Morgan fingerprint density at radius 1 is 0.773 bits per heavy atom. The zero-order valence-electron chi connectivity index (χ0n) is 44.8. The van der Waals surface area contributed by atoms with Crippen molar-refractivity contribution in [3.63, 3.8) is 0 Å². The van der Waals surface area contributed by atoms with Crippen molar-refractivity contribution >= 4 is 18.0 Å². The molecule has 6 fully saturated rings. The smallest absolute Gasteiger partial charge is 0.340 e. The van der Waals surface area contributed by atoms with E-state index in [0.717, 1.165) is 11.1 Å². The van der Waals surface area contributed by atoms with E-state index in [1.54, 1.807) is 60.3 Å². The minimum Gasteiger partial charge on any atom is -0.458 e. The lowest BCUT2D eigenvalue weighted by Crippen LogP contribution is -2.78. The molecule has 18 heteroatoms. The van der Waals surface area contributed by atoms with Gasteiger partial charge in [-0.05, 0) is 102 Å². The first-order chi connectivity index (χ1) is 35.7. The zero-order valence-corrected chi connectivity index (χ0v) is 44.8. The van der Waals surface area contributed by atoms with E-state index in [1.807, 2.05) is 50.3 Å². The SMILES string of the molecule is CO[C@H]1C[C@H](O[C@H]2CC[C@@]3(C)C(=CC[C@]4(O)[C@@H]3C[C@@H](OC(=O)/C=C/c3ccccc3)[C@@]3(C)[C@]4(O)CC[C@@]3(O)[C@H](C)OC(=O)c3cccnc3)C2)O[C@H](C)[C@H]1O[C@H]1C[C@@H](OC)[C@H](O[C@H]2C[C@@H](OC)[C@@H](O)[C@H](C)O2)[C@@H](C)O1. The molecule has 4 N–H and O–H groups in total. The van der Waals surface area contributed by atoms with Crippen molar-refractivity contribution in [2.45, 2.75) is 215 Å². The average molecular weight is 1050 g/mol. The third kappa shape index (κ3) is 10.2. The van der Waals surface area contributed by atoms with Gasteiger partial charge >= 0.3 is 11.9 Å². The predicted octanol–water partition coefficient (Wildman–Crippen LogP) is 5.75. The first-order valence-corrected chi connectivity index (χ1v) is 26.8. The summed E-state index contributed by atoms with van der Waals surface area (Å²) in [6.45, 7) is 11.0. The molecule has 3 saturated carbocycles. The largest absolute Gasteiger partial charge is 0.458 e. The molecule has 0 radical (unpaired) electrons. The molecule has 3 aliphatic heterocycles. The Kier molecular flexibility index (Phi) is 16.6. The monoisotopic (exact) mass is 1050 g/mol. The summed E-state index contributed by atoms with van der Waals surface area (Å²) in [6, 6.07) is 12.5. The second kappa shape index (κ2) is 22.2. The number of hydrogen-bond donors (Lipinski definition) is 4. The average Bonchev–Trinajstić information content (AvgIpc) is 3.79. The summed E-state index contributed by atoms with van der Waals surface area (Å²) in [5.41, 5.74) is -6.05. The number of rotatable bonds is 15. The number of nitrogens with zero attached hydrogens (tertiary/aromatic N) is 1. The molecule has 1 aromatic heterocycles. The molecule has 3 saturated heterocycles. The van der Waals surface area contributed by atoms with Crippen LogP contribution < -0.4 is 0 Å². The lowest BCUT2D eigenvalue weighted by Gasteiger charge is -2.67. The number of carbonyl (C=O) groups is 2. The van der Waals surface area contributed by atoms with Crippen LogP contribution in [0.2, 0.25) is 0 Å². The lowest BCUT2D eigenvalue weighted by atomic mass is 9.42. The van der Waals surface area contributed by atoms with Crippen LogP contribution in [0.15, 0.2) is 72.6 Å². The van der Waals surface area contributed by atoms with Gasteiger partial charge in [0.05, 0.1) is 53.7 Å². The number of aliphatic hydroxyl groups is 4. The number of ether oxygens (including phenoxy) is 11. The van der Waals surface area contributed by atoms with E-state index in [4.69, 9.17) is 52.1 Å². The van der Waals surface area contributed by atoms with Crippen LogP contribution in [0.1, 0.15) is 122 Å². The molecule has 2 aromatic rings. The highest BCUT2D eigenvalue weighted by Gasteiger charge is 2.81. The first-order valence-electron chi connectivity index (χ1n) is 26.8. The minimum atomic E-state index is -2.00. The Morgan fingerprint density at radius 3 is 2.00 bits per heavy atom. The molecular formula is C57H79NO17. The number of carbonyl (C=O) groups excluding carboxylic acids is 2. The summed E-state index contributed by atoms with van der Waals surface area (Å²) in [7, 11) is 4.84. The van der Waals surface area contributed by atoms with Gasteiger partial charge in [-0.15, -0.1) is 0 Å². The molecule has 4 aliphatic carbocycles. The van der Waals surface area contributed by atoms with Crippen LogP contribution in [0.3, 0.4) is 0 Å². The molecule has 4 heterocycles. The van der Waals surface area contributed by atoms with Crippen molar-refractivity contribution in [1.29, 1.82) is 0 Å². The molecule has 414 valence electrons. The van der Waals surface area contributed by atoms with Gasteiger partial charge in [0.25, 0.3) is 0 Å². The molecule has 18 nitrogen and oxygen atoms in total. The number of pyridine rings is 1. The van der Waals surface area contributed by atoms with Gasteiger partial charge < -0.3 is 72.5 Å². The molecule has 1 aromatic carbocycles. The van der Waals surface area contributed by atoms with E-state index in [2.05, 4.69) is 11.9 Å². The van der Waals surface area contributed by atoms with E-state index in [1.165, 1.54) is 18.5 Å². The fourth-order valence-electron chi connectivity index (χ4n) is 14.2. The van der Waals surface area contributed by atoms with E-state index in [-0.39, 0.29) is 43.5 Å². The highest BCUT2D eigenvalue weighted by Crippen LogP contribution is 2.71. The number of methoxy groups -OCH3 is 3. The van der Waals surface area contributed by atoms with Gasteiger partial charge in [0.1, 0.15) is 47.3 Å². The van der Waals surface area contributed by atoms with E-state index >= 15 is 0 Å². The van der Waals surface area contributed by atoms with Gasteiger partial charge in [0.15, 0.2) is 18.9 Å². The number of esters is 2. The van der Waals surface area contributed by atoms with Crippen molar-refractivity contribution in [1.82, 2.24) is 4.98 Å². The predicted molar refractivity (Wildman–Crippen MR) is 269 cm³/mol. The number of aromatic nitrogens is 1. The van der Waals surface area contributed by atoms with Gasteiger partial charge in [0, 0.05) is 65.0 Å². The zero-order chi connectivity index (χ0) is 53.7. The van der Waals surface area contributed by atoms with Crippen LogP contribution in [-0.4, -0.2) is 168 Å². The lowest BCUT2D eigenvalue weighted by molar-refractivity contribution is -0.339. The van der Waals surface area contributed by atoms with Crippen molar-refractivity contribution in [3.8, 4) is 0 Å². The van der Waals surface area contributed by atoms with Gasteiger partial charge in [-0.1, -0.05) is 55.8 Å². The quantitative estimate of drug-likeness (QED) is 0.0945. The molecule has 0 spiro atoms. The number of fused-ring (bicyclic) bond motifs is 5. The Labute approximate surface area is 440 Å². The summed E-state index contributed by atoms with van der Waals surface area (Å²) in [6.07, 6.45) is 2.13. The molecule has 0 unspecified atom stereocenters.